The fraction of sp³-hybridized carbons (Fsp3) is 0.556. The number of methoxy groups -OCH3 is 1. The quantitative estimate of drug-likeness (QED) is 0.747. The Kier molecular flexibility index (Phi) is 8.77. The third-order valence-corrected chi connectivity index (χ3v) is 3.69. The van der Waals surface area contributed by atoms with E-state index < -0.39 is 0 Å². The van der Waals surface area contributed by atoms with Crippen LogP contribution in [0.5, 0.6) is 0 Å². The minimum absolute atomic E-state index is 0.401. The summed E-state index contributed by atoms with van der Waals surface area (Å²) in [6, 6.07) is 9.01. The van der Waals surface area contributed by atoms with Crippen LogP contribution in [0.3, 0.4) is 0 Å². The van der Waals surface area contributed by atoms with Crippen LogP contribution in [-0.4, -0.2) is 37.7 Å². The van der Waals surface area contributed by atoms with Crippen LogP contribution < -0.4 is 5.73 Å². The second kappa shape index (κ2) is 10.4. The van der Waals surface area contributed by atoms with Crippen molar-refractivity contribution < 1.29 is 4.74 Å². The van der Waals surface area contributed by atoms with Gasteiger partial charge in [-0.25, -0.2) is 0 Å². The highest BCUT2D eigenvalue weighted by Crippen LogP contribution is 2.14. The molecule has 0 aliphatic rings. The maximum atomic E-state index is 5.43. The number of rotatable bonds is 8. The number of nitrogens with zero attached hydrogens (tertiary/aromatic N) is 1. The molecule has 0 saturated carbocycles. The lowest BCUT2D eigenvalue weighted by Gasteiger charge is -2.30. The summed E-state index contributed by atoms with van der Waals surface area (Å²) < 4.78 is 5.25. The lowest BCUT2D eigenvalue weighted by Crippen LogP contribution is -2.36. The van der Waals surface area contributed by atoms with Crippen molar-refractivity contribution in [2.75, 3.05) is 26.8 Å². The van der Waals surface area contributed by atoms with Gasteiger partial charge in [-0.3, -0.25) is 4.90 Å². The molecule has 0 aliphatic heterocycles. The van der Waals surface area contributed by atoms with Crippen molar-refractivity contribution >= 4 is 0 Å². The van der Waals surface area contributed by atoms with Crippen molar-refractivity contribution in [1.82, 2.24) is 4.90 Å². The van der Waals surface area contributed by atoms with E-state index in [1.54, 1.807) is 7.11 Å². The van der Waals surface area contributed by atoms with Crippen molar-refractivity contribution in [3.63, 3.8) is 0 Å². The first-order valence-electron chi connectivity index (χ1n) is 7.76. The zero-order valence-corrected chi connectivity index (χ0v) is 13.6. The first-order chi connectivity index (χ1) is 10.2. The molecule has 0 aliphatic carbocycles. The molecule has 0 radical (unpaired) electrons. The van der Waals surface area contributed by atoms with E-state index in [1.165, 1.54) is 5.56 Å². The number of benzene rings is 1. The first kappa shape index (κ1) is 17.7. The van der Waals surface area contributed by atoms with Crippen LogP contribution in [0.1, 0.15) is 37.8 Å². The van der Waals surface area contributed by atoms with E-state index in [2.05, 4.69) is 48.8 Å². The number of nitrogens with two attached hydrogens (primary N) is 1. The maximum absolute atomic E-state index is 5.43. The molecule has 21 heavy (non-hydrogen) atoms. The highest BCUT2D eigenvalue weighted by atomic mass is 16.5. The smallest absolute Gasteiger partial charge is 0.0589 e. The van der Waals surface area contributed by atoms with Crippen molar-refractivity contribution in [3.8, 4) is 11.8 Å². The summed E-state index contributed by atoms with van der Waals surface area (Å²) >= 11 is 0. The van der Waals surface area contributed by atoms with Gasteiger partial charge in [0.05, 0.1) is 13.2 Å². The highest BCUT2D eigenvalue weighted by molar-refractivity contribution is 5.37. The topological polar surface area (TPSA) is 38.5 Å². The van der Waals surface area contributed by atoms with Crippen LogP contribution in [0.4, 0.5) is 0 Å². The molecule has 1 aromatic carbocycles. The monoisotopic (exact) mass is 288 g/mol. The molecule has 0 bridgehead atoms. The Morgan fingerprint density at radius 3 is 2.67 bits per heavy atom. The van der Waals surface area contributed by atoms with E-state index >= 15 is 0 Å². The number of hydrogen-bond acceptors (Lipinski definition) is 3. The largest absolute Gasteiger partial charge is 0.383 e. The van der Waals surface area contributed by atoms with Gasteiger partial charge in [0.1, 0.15) is 0 Å². The normalized spacial score (nSPS) is 10.8. The predicted molar refractivity (Wildman–Crippen MR) is 89.0 cm³/mol. The molecule has 0 heterocycles. The van der Waals surface area contributed by atoms with Crippen molar-refractivity contribution in [2.45, 2.75) is 39.3 Å². The lowest BCUT2D eigenvalue weighted by atomic mass is 10.1. The van der Waals surface area contributed by atoms with Gasteiger partial charge < -0.3 is 10.5 Å². The summed E-state index contributed by atoms with van der Waals surface area (Å²) in [7, 11) is 1.76. The third kappa shape index (κ3) is 6.31. The molecule has 3 heteroatoms. The summed E-state index contributed by atoms with van der Waals surface area (Å²) in [5.74, 6) is 6.01. The van der Waals surface area contributed by atoms with Crippen LogP contribution in [0.15, 0.2) is 24.3 Å². The average Bonchev–Trinajstić information content (AvgIpc) is 2.52. The lowest BCUT2D eigenvalue weighted by molar-refractivity contribution is 0.110. The molecule has 1 rings (SSSR count). The number of ether oxygens (including phenoxy) is 1. The summed E-state index contributed by atoms with van der Waals surface area (Å²) in [6.45, 7) is 7.56. The van der Waals surface area contributed by atoms with Gasteiger partial charge in [0, 0.05) is 31.8 Å². The molecule has 3 nitrogen and oxygen atoms in total. The summed E-state index contributed by atoms with van der Waals surface area (Å²) in [5, 5.41) is 0. The van der Waals surface area contributed by atoms with E-state index in [1.807, 2.05) is 6.07 Å². The minimum Gasteiger partial charge on any atom is -0.383 e. The van der Waals surface area contributed by atoms with Gasteiger partial charge in [0.25, 0.3) is 0 Å². The van der Waals surface area contributed by atoms with Gasteiger partial charge in [-0.1, -0.05) is 37.8 Å². The van der Waals surface area contributed by atoms with Crippen LogP contribution in [0, 0.1) is 11.8 Å². The van der Waals surface area contributed by atoms with Crippen LogP contribution in [0.25, 0.3) is 0 Å². The first-order valence-corrected chi connectivity index (χ1v) is 7.76. The molecule has 2 N–H and O–H groups in total. The number of hydrogen-bond donors (Lipinski definition) is 1. The summed E-state index contributed by atoms with van der Waals surface area (Å²) in [6.07, 6.45) is 2.32. The van der Waals surface area contributed by atoms with Gasteiger partial charge in [0.15, 0.2) is 0 Å². The van der Waals surface area contributed by atoms with Gasteiger partial charge in [-0.05, 0) is 30.5 Å². The molecular weight excluding hydrogens is 260 g/mol. The molecule has 0 spiro atoms. The van der Waals surface area contributed by atoms with Crippen molar-refractivity contribution in [1.29, 1.82) is 0 Å². The van der Waals surface area contributed by atoms with Crippen LogP contribution >= 0.6 is 0 Å². The molecule has 0 fully saturated rings. The molecule has 0 atom stereocenters. The Balaban J connectivity index is 2.81. The molecule has 0 aromatic heterocycles. The SMILES string of the molecule is CCC(CC)N(CCOC)Cc1cccc(C#CCN)c1. The fourth-order valence-corrected chi connectivity index (χ4v) is 2.54. The molecule has 1 aromatic rings. The van der Waals surface area contributed by atoms with E-state index in [-0.39, 0.29) is 0 Å². The minimum atomic E-state index is 0.401. The zero-order chi connectivity index (χ0) is 15.5. The third-order valence-electron chi connectivity index (χ3n) is 3.69. The van der Waals surface area contributed by atoms with Gasteiger partial charge in [-0.15, -0.1) is 0 Å². The van der Waals surface area contributed by atoms with Gasteiger partial charge in [0.2, 0.25) is 0 Å². The molecular formula is C18H28N2O. The Morgan fingerprint density at radius 2 is 2.05 bits per heavy atom. The highest BCUT2D eigenvalue weighted by Gasteiger charge is 2.15. The van der Waals surface area contributed by atoms with Gasteiger partial charge >= 0.3 is 0 Å². The van der Waals surface area contributed by atoms with Crippen LogP contribution in [-0.2, 0) is 11.3 Å². The fourth-order valence-electron chi connectivity index (χ4n) is 2.54. The molecule has 116 valence electrons. The van der Waals surface area contributed by atoms with E-state index in [4.69, 9.17) is 10.5 Å². The summed E-state index contributed by atoms with van der Waals surface area (Å²) in [5.41, 5.74) is 7.76. The maximum Gasteiger partial charge on any atom is 0.0589 e. The van der Waals surface area contributed by atoms with Crippen molar-refractivity contribution in [2.24, 2.45) is 5.73 Å². The predicted octanol–water partition coefficient (Wildman–Crippen LogP) is 2.63. The standard InChI is InChI=1S/C18H28N2O/c1-4-18(5-2)20(12-13-21-3)15-17-9-6-8-16(14-17)10-7-11-19/h6,8-9,14,18H,4-5,11-13,15,19H2,1-3H3. The average molecular weight is 288 g/mol. The zero-order valence-electron chi connectivity index (χ0n) is 13.6. The molecule has 0 amide bonds. The molecule has 0 unspecified atom stereocenters. The second-order valence-corrected chi connectivity index (χ2v) is 5.14. The summed E-state index contributed by atoms with van der Waals surface area (Å²) in [4.78, 5) is 2.50. The Hall–Kier alpha value is -1.34. The Bertz CT molecular complexity index is 458. The Labute approximate surface area is 129 Å². The van der Waals surface area contributed by atoms with Gasteiger partial charge in [-0.2, -0.15) is 0 Å². The van der Waals surface area contributed by atoms with Crippen LogP contribution in [0.2, 0.25) is 0 Å². The Morgan fingerprint density at radius 1 is 1.29 bits per heavy atom. The molecule has 0 saturated heterocycles. The second-order valence-electron chi connectivity index (χ2n) is 5.14. The van der Waals surface area contributed by atoms with E-state index in [0.29, 0.717) is 12.6 Å². The van der Waals surface area contributed by atoms with E-state index in [0.717, 1.165) is 38.1 Å². The van der Waals surface area contributed by atoms with E-state index in [9.17, 15) is 0 Å². The van der Waals surface area contributed by atoms with Crippen molar-refractivity contribution in [3.05, 3.63) is 35.4 Å².